The van der Waals surface area contributed by atoms with Gasteiger partial charge in [-0.3, -0.25) is 0 Å². The summed E-state index contributed by atoms with van der Waals surface area (Å²) in [6.07, 6.45) is 5.27. The molecule has 0 aromatic carbocycles. The zero-order chi connectivity index (χ0) is 14.8. The van der Waals surface area contributed by atoms with Gasteiger partial charge in [0.2, 0.25) is 0 Å². The van der Waals surface area contributed by atoms with E-state index in [1.54, 1.807) is 0 Å². The molecule has 0 spiro atoms. The van der Waals surface area contributed by atoms with Gasteiger partial charge in [-0.05, 0) is 35.4 Å². The van der Waals surface area contributed by atoms with E-state index < -0.39 is 0 Å². The van der Waals surface area contributed by atoms with Crippen molar-refractivity contribution < 1.29 is 0 Å². The molecule has 2 fully saturated rings. The summed E-state index contributed by atoms with van der Waals surface area (Å²) in [5.41, 5.74) is 1.30. The molecule has 2 heterocycles. The monoisotopic (exact) mass is 435 g/mol. The van der Waals surface area contributed by atoms with E-state index in [1.807, 2.05) is 18.8 Å². The Bertz CT molecular complexity index is 506. The van der Waals surface area contributed by atoms with E-state index in [2.05, 4.69) is 46.6 Å². The molecule has 0 bridgehead atoms. The van der Waals surface area contributed by atoms with E-state index in [4.69, 9.17) is 9.97 Å². The van der Waals surface area contributed by atoms with E-state index in [9.17, 15) is 0 Å². The molecule has 1 aliphatic carbocycles. The molecule has 0 radical (unpaired) electrons. The highest BCUT2D eigenvalue weighted by Gasteiger charge is 2.30. The fraction of sp³-hybridized carbons (Fsp3) is 0.733. The average Bonchev–Trinajstić information content (AvgIpc) is 3.02. The predicted molar refractivity (Wildman–Crippen MR) is 103 cm³/mol. The standard InChI is InChI=1S/C15H22IN3S2/c1-9-13(21-8-7-20-9)15-18-12(10-5-3-4-6-10)11(16)14(17-2)19-15/h9-10,13H,3-8H2,1-2H3,(H,17,18,19). The van der Waals surface area contributed by atoms with Gasteiger partial charge >= 0.3 is 0 Å². The molecule has 1 aliphatic heterocycles. The van der Waals surface area contributed by atoms with Crippen molar-refractivity contribution in [3.05, 3.63) is 15.1 Å². The predicted octanol–water partition coefficient (Wildman–Crippen LogP) is 4.69. The molecule has 1 saturated carbocycles. The van der Waals surface area contributed by atoms with Crippen molar-refractivity contribution >= 4 is 51.9 Å². The maximum atomic E-state index is 5.04. The third kappa shape index (κ3) is 3.47. The fourth-order valence-corrected chi connectivity index (χ4v) is 6.80. The molecule has 0 amide bonds. The van der Waals surface area contributed by atoms with Crippen molar-refractivity contribution in [2.45, 2.75) is 49.0 Å². The Morgan fingerprint density at radius 1 is 1.14 bits per heavy atom. The number of rotatable bonds is 3. The first-order valence-corrected chi connectivity index (χ1v) is 10.9. The molecule has 6 heteroatoms. The summed E-state index contributed by atoms with van der Waals surface area (Å²) < 4.78 is 1.23. The zero-order valence-corrected chi connectivity index (χ0v) is 16.4. The van der Waals surface area contributed by atoms with Crippen LogP contribution in [0, 0.1) is 3.57 Å². The molecule has 21 heavy (non-hydrogen) atoms. The molecule has 3 rings (SSSR count). The number of thioether (sulfide) groups is 2. The number of halogens is 1. The first-order chi connectivity index (χ1) is 10.2. The van der Waals surface area contributed by atoms with Crippen molar-refractivity contribution in [1.29, 1.82) is 0 Å². The molecule has 2 unspecified atom stereocenters. The van der Waals surface area contributed by atoms with Crippen LogP contribution in [0.15, 0.2) is 0 Å². The van der Waals surface area contributed by atoms with Crippen LogP contribution in [0.1, 0.15) is 55.3 Å². The van der Waals surface area contributed by atoms with E-state index in [1.165, 1.54) is 46.5 Å². The van der Waals surface area contributed by atoms with Gasteiger partial charge in [0.15, 0.2) is 0 Å². The number of anilines is 1. The molecule has 2 atom stereocenters. The first-order valence-electron chi connectivity index (χ1n) is 7.69. The molecular formula is C15H22IN3S2. The summed E-state index contributed by atoms with van der Waals surface area (Å²) in [6.45, 7) is 2.32. The number of hydrogen-bond acceptors (Lipinski definition) is 5. The van der Waals surface area contributed by atoms with Gasteiger partial charge in [0, 0.05) is 29.7 Å². The van der Waals surface area contributed by atoms with Gasteiger partial charge in [0.05, 0.1) is 14.5 Å². The van der Waals surface area contributed by atoms with Crippen LogP contribution >= 0.6 is 46.1 Å². The molecule has 2 aliphatic rings. The number of nitrogens with one attached hydrogen (secondary N) is 1. The van der Waals surface area contributed by atoms with Gasteiger partial charge in [0.1, 0.15) is 11.6 Å². The highest BCUT2D eigenvalue weighted by atomic mass is 127. The van der Waals surface area contributed by atoms with Crippen LogP contribution < -0.4 is 5.32 Å². The Morgan fingerprint density at radius 3 is 2.52 bits per heavy atom. The Labute approximate surface area is 149 Å². The van der Waals surface area contributed by atoms with Crippen molar-refractivity contribution in [1.82, 2.24) is 9.97 Å². The lowest BCUT2D eigenvalue weighted by molar-refractivity contribution is 0.674. The highest BCUT2D eigenvalue weighted by Crippen LogP contribution is 2.43. The first kappa shape index (κ1) is 16.2. The summed E-state index contributed by atoms with van der Waals surface area (Å²) in [5.74, 6) is 5.17. The smallest absolute Gasteiger partial charge is 0.145 e. The maximum absolute atomic E-state index is 5.04. The second-order valence-corrected chi connectivity index (χ2v) is 9.54. The van der Waals surface area contributed by atoms with Gasteiger partial charge in [-0.1, -0.05) is 19.8 Å². The highest BCUT2D eigenvalue weighted by molar-refractivity contribution is 14.1. The van der Waals surface area contributed by atoms with E-state index in [0.29, 0.717) is 16.4 Å². The van der Waals surface area contributed by atoms with Crippen molar-refractivity contribution in [2.24, 2.45) is 0 Å². The second kappa shape index (κ2) is 7.25. The Hall–Kier alpha value is 0.310. The van der Waals surface area contributed by atoms with Crippen LogP contribution in [0.4, 0.5) is 5.82 Å². The van der Waals surface area contributed by atoms with E-state index in [0.717, 1.165) is 11.6 Å². The van der Waals surface area contributed by atoms with Gasteiger partial charge in [-0.15, -0.1) is 11.8 Å². The van der Waals surface area contributed by atoms with Gasteiger partial charge in [-0.25, -0.2) is 9.97 Å². The lowest BCUT2D eigenvalue weighted by Crippen LogP contribution is -2.20. The minimum atomic E-state index is 0.438. The van der Waals surface area contributed by atoms with Gasteiger partial charge in [-0.2, -0.15) is 11.8 Å². The van der Waals surface area contributed by atoms with Crippen molar-refractivity contribution in [3.63, 3.8) is 0 Å². The molecule has 3 nitrogen and oxygen atoms in total. The van der Waals surface area contributed by atoms with Crippen molar-refractivity contribution in [2.75, 3.05) is 23.9 Å². The van der Waals surface area contributed by atoms with Crippen LogP contribution in [-0.2, 0) is 0 Å². The summed E-state index contributed by atoms with van der Waals surface area (Å²) in [7, 11) is 1.97. The zero-order valence-electron chi connectivity index (χ0n) is 12.6. The molecule has 116 valence electrons. The topological polar surface area (TPSA) is 37.8 Å². The minimum absolute atomic E-state index is 0.438. The summed E-state index contributed by atoms with van der Waals surface area (Å²) >= 11 is 6.50. The molecule has 1 aromatic rings. The summed E-state index contributed by atoms with van der Waals surface area (Å²) in [6, 6.07) is 0. The van der Waals surface area contributed by atoms with Crippen LogP contribution in [-0.4, -0.2) is 33.8 Å². The van der Waals surface area contributed by atoms with Crippen molar-refractivity contribution in [3.8, 4) is 0 Å². The SMILES string of the molecule is CNc1nc(C2SCCSC2C)nc(C2CCCC2)c1I. The van der Waals surface area contributed by atoms with Gasteiger partial charge in [0.25, 0.3) is 0 Å². The number of hydrogen-bond donors (Lipinski definition) is 1. The Kier molecular flexibility index (Phi) is 5.59. The number of aromatic nitrogens is 2. The summed E-state index contributed by atoms with van der Waals surface area (Å²) in [4.78, 5) is 9.88. The largest absolute Gasteiger partial charge is 0.372 e. The van der Waals surface area contributed by atoms with E-state index in [-0.39, 0.29) is 0 Å². The maximum Gasteiger partial charge on any atom is 0.145 e. The minimum Gasteiger partial charge on any atom is -0.372 e. The van der Waals surface area contributed by atoms with E-state index >= 15 is 0 Å². The summed E-state index contributed by atoms with van der Waals surface area (Å²) in [5, 5.41) is 4.32. The van der Waals surface area contributed by atoms with Crippen LogP contribution in [0.2, 0.25) is 0 Å². The molecular weight excluding hydrogens is 413 g/mol. The molecule has 1 saturated heterocycles. The van der Waals surface area contributed by atoms with Gasteiger partial charge < -0.3 is 5.32 Å². The lowest BCUT2D eigenvalue weighted by Gasteiger charge is -2.28. The number of nitrogens with zero attached hydrogens (tertiary/aromatic N) is 2. The third-order valence-corrected chi connectivity index (χ3v) is 8.47. The second-order valence-electron chi connectivity index (χ2n) is 5.73. The third-order valence-electron chi connectivity index (χ3n) is 4.32. The fourth-order valence-electron chi connectivity index (χ4n) is 3.16. The van der Waals surface area contributed by atoms with Crippen LogP contribution in [0.25, 0.3) is 0 Å². The van der Waals surface area contributed by atoms with Crippen LogP contribution in [0.5, 0.6) is 0 Å². The molecule has 1 N–H and O–H groups in total. The lowest BCUT2D eigenvalue weighted by atomic mass is 10.0. The van der Waals surface area contributed by atoms with Crippen LogP contribution in [0.3, 0.4) is 0 Å². The normalized spacial score (nSPS) is 27.0. The average molecular weight is 435 g/mol. The Morgan fingerprint density at radius 2 is 1.86 bits per heavy atom. The molecule has 1 aromatic heterocycles. The Balaban J connectivity index is 1.98. The quantitative estimate of drug-likeness (QED) is 0.698.